The minimum absolute atomic E-state index is 0.0645. The monoisotopic (exact) mass is 230 g/mol. The summed E-state index contributed by atoms with van der Waals surface area (Å²) in [5, 5.41) is 8.51. The Bertz CT molecular complexity index is 243. The fourth-order valence-electron chi connectivity index (χ4n) is 1.52. The molecule has 0 aliphatic heterocycles. The van der Waals surface area contributed by atoms with Gasteiger partial charge in [-0.25, -0.2) is 0 Å². The average molecular weight is 230 g/mol. The van der Waals surface area contributed by atoms with E-state index in [-0.39, 0.29) is 24.8 Å². The molecule has 16 heavy (non-hydrogen) atoms. The number of carboxylic acid groups (broad SMARTS) is 1. The SMILES string of the molecule is CCC(C)N(CC)C(=O)C(N)CCC(=O)O. The van der Waals surface area contributed by atoms with Crippen molar-refractivity contribution in [1.82, 2.24) is 4.90 Å². The highest BCUT2D eigenvalue weighted by Crippen LogP contribution is 2.07. The summed E-state index contributed by atoms with van der Waals surface area (Å²) in [4.78, 5) is 24.0. The number of hydrogen-bond acceptors (Lipinski definition) is 3. The number of nitrogens with two attached hydrogens (primary N) is 1. The smallest absolute Gasteiger partial charge is 0.303 e. The quantitative estimate of drug-likeness (QED) is 0.678. The Morgan fingerprint density at radius 2 is 1.94 bits per heavy atom. The van der Waals surface area contributed by atoms with Gasteiger partial charge in [0.15, 0.2) is 0 Å². The van der Waals surface area contributed by atoms with E-state index < -0.39 is 12.0 Å². The number of likely N-dealkylation sites (N-methyl/N-ethyl adjacent to an activating group) is 1. The lowest BCUT2D eigenvalue weighted by Crippen LogP contribution is -2.47. The lowest BCUT2D eigenvalue weighted by atomic mass is 10.1. The van der Waals surface area contributed by atoms with Crippen LogP contribution in [0.3, 0.4) is 0 Å². The van der Waals surface area contributed by atoms with Gasteiger partial charge in [-0.15, -0.1) is 0 Å². The molecule has 0 radical (unpaired) electrons. The Morgan fingerprint density at radius 3 is 2.31 bits per heavy atom. The molecule has 1 amide bonds. The van der Waals surface area contributed by atoms with Crippen molar-refractivity contribution in [3.63, 3.8) is 0 Å². The number of nitrogens with zero attached hydrogens (tertiary/aromatic N) is 1. The molecule has 94 valence electrons. The molecule has 0 rings (SSSR count). The zero-order valence-electron chi connectivity index (χ0n) is 10.3. The largest absolute Gasteiger partial charge is 0.481 e. The summed E-state index contributed by atoms with van der Waals surface area (Å²) < 4.78 is 0. The third-order valence-electron chi connectivity index (χ3n) is 2.73. The van der Waals surface area contributed by atoms with Crippen molar-refractivity contribution in [2.24, 2.45) is 5.73 Å². The number of carbonyl (C=O) groups is 2. The van der Waals surface area contributed by atoms with Crippen LogP contribution in [0.15, 0.2) is 0 Å². The molecular formula is C11H22N2O3. The summed E-state index contributed by atoms with van der Waals surface area (Å²) >= 11 is 0. The van der Waals surface area contributed by atoms with Crippen molar-refractivity contribution in [2.75, 3.05) is 6.54 Å². The summed E-state index contributed by atoms with van der Waals surface area (Å²) in [6.07, 6.45) is 0.997. The zero-order valence-corrected chi connectivity index (χ0v) is 10.3. The molecule has 5 nitrogen and oxygen atoms in total. The number of amides is 1. The van der Waals surface area contributed by atoms with Crippen LogP contribution in [0.2, 0.25) is 0 Å². The number of carbonyl (C=O) groups excluding carboxylic acids is 1. The van der Waals surface area contributed by atoms with E-state index in [1.165, 1.54) is 0 Å². The van der Waals surface area contributed by atoms with E-state index >= 15 is 0 Å². The van der Waals surface area contributed by atoms with E-state index in [0.29, 0.717) is 6.54 Å². The van der Waals surface area contributed by atoms with E-state index in [4.69, 9.17) is 10.8 Å². The molecule has 0 aliphatic carbocycles. The van der Waals surface area contributed by atoms with Crippen molar-refractivity contribution >= 4 is 11.9 Å². The maximum atomic E-state index is 11.9. The predicted octanol–water partition coefficient (Wildman–Crippen LogP) is 0.825. The van der Waals surface area contributed by atoms with Crippen molar-refractivity contribution < 1.29 is 14.7 Å². The molecule has 0 aromatic carbocycles. The van der Waals surface area contributed by atoms with E-state index in [0.717, 1.165) is 6.42 Å². The van der Waals surface area contributed by atoms with Crippen LogP contribution in [0.25, 0.3) is 0 Å². The fourth-order valence-corrected chi connectivity index (χ4v) is 1.52. The molecule has 0 aliphatic rings. The Hall–Kier alpha value is -1.10. The standard InChI is InChI=1S/C11H22N2O3/c1-4-8(3)13(5-2)11(16)9(12)6-7-10(14)15/h8-9H,4-7,12H2,1-3H3,(H,14,15). The molecule has 0 heterocycles. The van der Waals surface area contributed by atoms with E-state index in [2.05, 4.69) is 0 Å². The van der Waals surface area contributed by atoms with Crippen molar-refractivity contribution in [3.8, 4) is 0 Å². The molecule has 0 saturated carbocycles. The molecule has 0 fully saturated rings. The van der Waals surface area contributed by atoms with Crippen LogP contribution in [0.4, 0.5) is 0 Å². The van der Waals surface area contributed by atoms with Gasteiger partial charge in [-0.05, 0) is 26.7 Å². The van der Waals surface area contributed by atoms with Gasteiger partial charge in [0.2, 0.25) is 5.91 Å². The summed E-state index contributed by atoms with van der Waals surface area (Å²) in [7, 11) is 0. The third-order valence-corrected chi connectivity index (χ3v) is 2.73. The second kappa shape index (κ2) is 7.22. The molecule has 2 atom stereocenters. The summed E-state index contributed by atoms with van der Waals surface area (Å²) in [5.74, 6) is -1.08. The molecule has 5 heteroatoms. The van der Waals surface area contributed by atoms with Gasteiger partial charge in [0.1, 0.15) is 0 Å². The summed E-state index contributed by atoms with van der Waals surface area (Å²) in [5.41, 5.74) is 5.68. The van der Waals surface area contributed by atoms with Crippen LogP contribution >= 0.6 is 0 Å². The summed E-state index contributed by atoms with van der Waals surface area (Å²) in [6.45, 7) is 6.47. The number of carboxylic acids is 1. The molecule has 3 N–H and O–H groups in total. The van der Waals surface area contributed by atoms with E-state index in [1.807, 2.05) is 20.8 Å². The van der Waals surface area contributed by atoms with Crippen LogP contribution < -0.4 is 5.73 Å². The van der Waals surface area contributed by atoms with Crippen molar-refractivity contribution in [1.29, 1.82) is 0 Å². The number of hydrogen-bond donors (Lipinski definition) is 2. The predicted molar refractivity (Wildman–Crippen MR) is 62.0 cm³/mol. The van der Waals surface area contributed by atoms with Gasteiger partial charge in [-0.1, -0.05) is 6.92 Å². The van der Waals surface area contributed by atoms with E-state index in [9.17, 15) is 9.59 Å². The highest BCUT2D eigenvalue weighted by molar-refractivity contribution is 5.82. The van der Waals surface area contributed by atoms with Crippen LogP contribution in [-0.4, -0.2) is 40.5 Å². The molecule has 0 aromatic heterocycles. The van der Waals surface area contributed by atoms with Gasteiger partial charge in [0, 0.05) is 19.0 Å². The second-order valence-electron chi connectivity index (χ2n) is 3.92. The maximum Gasteiger partial charge on any atom is 0.303 e. The molecule has 2 unspecified atom stereocenters. The first kappa shape index (κ1) is 14.9. The molecule has 0 spiro atoms. The Balaban J connectivity index is 4.32. The lowest BCUT2D eigenvalue weighted by Gasteiger charge is -2.29. The molecular weight excluding hydrogens is 208 g/mol. The second-order valence-corrected chi connectivity index (χ2v) is 3.92. The Morgan fingerprint density at radius 1 is 1.38 bits per heavy atom. The first-order valence-corrected chi connectivity index (χ1v) is 5.71. The van der Waals surface area contributed by atoms with Crippen LogP contribution in [0, 0.1) is 0 Å². The summed E-state index contributed by atoms with van der Waals surface area (Å²) in [6, 6.07) is -0.557. The van der Waals surface area contributed by atoms with Gasteiger partial charge < -0.3 is 15.7 Å². The molecule has 0 saturated heterocycles. The maximum absolute atomic E-state index is 11.9. The minimum Gasteiger partial charge on any atom is -0.481 e. The van der Waals surface area contributed by atoms with Gasteiger partial charge in [0.25, 0.3) is 0 Å². The normalized spacial score (nSPS) is 14.2. The number of rotatable bonds is 7. The topological polar surface area (TPSA) is 83.6 Å². The highest BCUT2D eigenvalue weighted by atomic mass is 16.4. The Labute approximate surface area is 96.6 Å². The van der Waals surface area contributed by atoms with Crippen LogP contribution in [-0.2, 0) is 9.59 Å². The van der Waals surface area contributed by atoms with Gasteiger partial charge in [-0.2, -0.15) is 0 Å². The molecule has 0 bridgehead atoms. The number of aliphatic carboxylic acids is 1. The Kier molecular flexibility index (Phi) is 6.72. The van der Waals surface area contributed by atoms with Gasteiger partial charge in [-0.3, -0.25) is 9.59 Å². The van der Waals surface area contributed by atoms with Gasteiger partial charge in [0.05, 0.1) is 6.04 Å². The van der Waals surface area contributed by atoms with Crippen LogP contribution in [0.5, 0.6) is 0 Å². The van der Waals surface area contributed by atoms with Crippen LogP contribution in [0.1, 0.15) is 40.0 Å². The van der Waals surface area contributed by atoms with E-state index in [1.54, 1.807) is 4.90 Å². The van der Waals surface area contributed by atoms with Crippen molar-refractivity contribution in [3.05, 3.63) is 0 Å². The minimum atomic E-state index is -0.921. The first-order chi connectivity index (χ1) is 7.43. The van der Waals surface area contributed by atoms with Gasteiger partial charge >= 0.3 is 5.97 Å². The highest BCUT2D eigenvalue weighted by Gasteiger charge is 2.23. The zero-order chi connectivity index (χ0) is 12.7. The first-order valence-electron chi connectivity index (χ1n) is 5.71. The lowest BCUT2D eigenvalue weighted by molar-refractivity contribution is -0.138. The fraction of sp³-hybridized carbons (Fsp3) is 0.818. The third kappa shape index (κ3) is 4.61. The average Bonchev–Trinajstić information content (AvgIpc) is 2.26. The van der Waals surface area contributed by atoms with Crippen molar-refractivity contribution in [2.45, 2.75) is 52.1 Å². The molecule has 0 aromatic rings.